The van der Waals surface area contributed by atoms with Crippen molar-refractivity contribution < 1.29 is 14.6 Å². The molecule has 0 spiro atoms. The molecule has 0 bridgehead atoms. The number of rotatable bonds is 6. The van der Waals surface area contributed by atoms with Crippen molar-refractivity contribution in [2.24, 2.45) is 0 Å². The molecular formula is C13H17N5O3. The number of aromatic hydroxyl groups is 1. The number of carbonyl (C=O) groups excluding carboxylic acids is 1. The highest BCUT2D eigenvalue weighted by molar-refractivity contribution is 5.94. The van der Waals surface area contributed by atoms with Crippen LogP contribution in [0, 0.1) is 0 Å². The maximum atomic E-state index is 12.1. The topological polar surface area (TPSA) is 102 Å². The van der Waals surface area contributed by atoms with Gasteiger partial charge in [0.1, 0.15) is 12.1 Å². The van der Waals surface area contributed by atoms with Crippen molar-refractivity contribution in [2.45, 2.75) is 19.5 Å². The van der Waals surface area contributed by atoms with Crippen LogP contribution < -0.4 is 5.32 Å². The zero-order chi connectivity index (χ0) is 15.2. The van der Waals surface area contributed by atoms with Crippen molar-refractivity contribution in [1.29, 1.82) is 0 Å². The number of hydrogen-bond donors (Lipinski definition) is 2. The second-order valence-corrected chi connectivity index (χ2v) is 4.44. The molecule has 2 heterocycles. The molecule has 0 aromatic carbocycles. The van der Waals surface area contributed by atoms with E-state index in [0.29, 0.717) is 19.0 Å². The Morgan fingerprint density at radius 1 is 1.57 bits per heavy atom. The molecule has 8 heteroatoms. The van der Waals surface area contributed by atoms with Crippen molar-refractivity contribution in [2.75, 3.05) is 13.7 Å². The van der Waals surface area contributed by atoms with E-state index in [1.165, 1.54) is 12.3 Å². The predicted octanol–water partition coefficient (Wildman–Crippen LogP) is 0.516. The maximum Gasteiger partial charge on any atom is 0.274 e. The second-order valence-electron chi connectivity index (χ2n) is 4.44. The number of nitrogens with one attached hydrogen (secondary N) is 1. The molecule has 1 amide bonds. The fraction of sp³-hybridized carbons (Fsp3) is 0.385. The Balaban J connectivity index is 2.08. The Labute approximate surface area is 121 Å². The lowest BCUT2D eigenvalue weighted by Crippen LogP contribution is -2.29. The molecule has 2 aromatic heterocycles. The van der Waals surface area contributed by atoms with Gasteiger partial charge in [-0.15, -0.1) is 10.2 Å². The molecule has 0 fully saturated rings. The fourth-order valence-electron chi connectivity index (χ4n) is 1.86. The Bertz CT molecular complexity index is 613. The van der Waals surface area contributed by atoms with Crippen LogP contribution in [-0.4, -0.2) is 44.5 Å². The molecule has 1 atom stereocenters. The smallest absolute Gasteiger partial charge is 0.274 e. The van der Waals surface area contributed by atoms with Gasteiger partial charge in [-0.25, -0.2) is 4.98 Å². The zero-order valence-electron chi connectivity index (χ0n) is 11.9. The molecule has 0 unspecified atom stereocenters. The Morgan fingerprint density at radius 3 is 3.10 bits per heavy atom. The third-order valence-corrected chi connectivity index (χ3v) is 2.92. The van der Waals surface area contributed by atoms with Crippen LogP contribution in [0.5, 0.6) is 5.75 Å². The third-order valence-electron chi connectivity index (χ3n) is 2.92. The van der Waals surface area contributed by atoms with Gasteiger partial charge in [0.2, 0.25) is 0 Å². The Morgan fingerprint density at radius 2 is 2.38 bits per heavy atom. The lowest BCUT2D eigenvalue weighted by atomic mass is 10.2. The number of carbonyl (C=O) groups is 1. The van der Waals surface area contributed by atoms with Crippen LogP contribution in [0.25, 0.3) is 0 Å². The van der Waals surface area contributed by atoms with Gasteiger partial charge in [0.25, 0.3) is 5.91 Å². The summed E-state index contributed by atoms with van der Waals surface area (Å²) < 4.78 is 6.81. The van der Waals surface area contributed by atoms with Crippen LogP contribution in [0.2, 0.25) is 0 Å². The van der Waals surface area contributed by atoms with Gasteiger partial charge in [-0.05, 0) is 19.1 Å². The lowest BCUT2D eigenvalue weighted by Gasteiger charge is -2.14. The van der Waals surface area contributed by atoms with Crippen molar-refractivity contribution >= 4 is 5.91 Å². The highest BCUT2D eigenvalue weighted by Gasteiger charge is 2.19. The van der Waals surface area contributed by atoms with Crippen LogP contribution in [0.3, 0.4) is 0 Å². The van der Waals surface area contributed by atoms with Crippen molar-refractivity contribution in [3.05, 3.63) is 36.2 Å². The fourth-order valence-corrected chi connectivity index (χ4v) is 1.86. The molecule has 0 aliphatic heterocycles. The summed E-state index contributed by atoms with van der Waals surface area (Å²) in [7, 11) is 1.61. The van der Waals surface area contributed by atoms with E-state index < -0.39 is 5.91 Å². The zero-order valence-corrected chi connectivity index (χ0v) is 11.9. The number of nitrogens with zero attached hydrogens (tertiary/aromatic N) is 4. The van der Waals surface area contributed by atoms with Gasteiger partial charge in [-0.3, -0.25) is 4.79 Å². The summed E-state index contributed by atoms with van der Waals surface area (Å²) in [4.78, 5) is 15.9. The van der Waals surface area contributed by atoms with Crippen LogP contribution in [0.15, 0.2) is 24.7 Å². The molecule has 21 heavy (non-hydrogen) atoms. The van der Waals surface area contributed by atoms with Crippen molar-refractivity contribution in [3.8, 4) is 5.75 Å². The van der Waals surface area contributed by atoms with Crippen molar-refractivity contribution in [3.63, 3.8) is 0 Å². The Kier molecular flexibility index (Phi) is 4.83. The molecule has 112 valence electrons. The summed E-state index contributed by atoms with van der Waals surface area (Å²) in [5, 5.41) is 20.2. The summed E-state index contributed by atoms with van der Waals surface area (Å²) in [5.74, 6) is -0.0271. The normalized spacial score (nSPS) is 12.1. The van der Waals surface area contributed by atoms with E-state index >= 15 is 0 Å². The minimum absolute atomic E-state index is 0.0210. The first kappa shape index (κ1) is 14.9. The maximum absolute atomic E-state index is 12.1. The summed E-state index contributed by atoms with van der Waals surface area (Å²) in [6.45, 7) is 2.89. The molecule has 0 radical (unpaired) electrons. The summed E-state index contributed by atoms with van der Waals surface area (Å²) in [6.07, 6.45) is 3.02. The van der Waals surface area contributed by atoms with Gasteiger partial charge in [0, 0.05) is 19.9 Å². The van der Waals surface area contributed by atoms with Crippen LogP contribution in [0.4, 0.5) is 0 Å². The first-order valence-corrected chi connectivity index (χ1v) is 6.45. The largest absolute Gasteiger partial charge is 0.505 e. The van der Waals surface area contributed by atoms with E-state index in [2.05, 4.69) is 20.5 Å². The van der Waals surface area contributed by atoms with Gasteiger partial charge in [0.15, 0.2) is 11.5 Å². The van der Waals surface area contributed by atoms with Crippen molar-refractivity contribution in [1.82, 2.24) is 25.1 Å². The molecule has 0 saturated carbocycles. The molecule has 0 aliphatic rings. The van der Waals surface area contributed by atoms with E-state index in [0.717, 1.165) is 0 Å². The minimum Gasteiger partial charge on any atom is -0.505 e. The standard InChI is InChI=1S/C13H17N5O3/c1-9(12-17-15-8-18(12)6-7-21-2)16-13(20)11-10(19)4-3-5-14-11/h3-5,8-9,19H,6-7H2,1-2H3,(H,16,20)/t9-/m1/s1. The van der Waals surface area contributed by atoms with Crippen LogP contribution >= 0.6 is 0 Å². The average Bonchev–Trinajstić information content (AvgIpc) is 2.93. The third kappa shape index (κ3) is 3.54. The number of methoxy groups -OCH3 is 1. The van der Waals surface area contributed by atoms with Gasteiger partial charge >= 0.3 is 0 Å². The molecule has 8 nitrogen and oxygen atoms in total. The number of amides is 1. The molecule has 2 aromatic rings. The van der Waals surface area contributed by atoms with E-state index in [1.54, 1.807) is 31.0 Å². The SMILES string of the molecule is COCCn1cnnc1[C@@H](C)NC(=O)c1ncccc1O. The van der Waals surface area contributed by atoms with Crippen LogP contribution in [-0.2, 0) is 11.3 Å². The van der Waals surface area contributed by atoms with E-state index in [1.807, 2.05) is 0 Å². The quantitative estimate of drug-likeness (QED) is 0.804. The first-order valence-electron chi connectivity index (χ1n) is 6.45. The predicted molar refractivity (Wildman–Crippen MR) is 73.7 cm³/mol. The van der Waals surface area contributed by atoms with Gasteiger partial charge in [0.05, 0.1) is 12.6 Å². The lowest BCUT2D eigenvalue weighted by molar-refractivity contribution is 0.0929. The summed E-state index contributed by atoms with van der Waals surface area (Å²) in [5.41, 5.74) is -0.0210. The van der Waals surface area contributed by atoms with Crippen LogP contribution in [0.1, 0.15) is 29.3 Å². The highest BCUT2D eigenvalue weighted by Crippen LogP contribution is 2.15. The highest BCUT2D eigenvalue weighted by atomic mass is 16.5. The Hall–Kier alpha value is -2.48. The van der Waals surface area contributed by atoms with Gasteiger partial charge < -0.3 is 19.7 Å². The van der Waals surface area contributed by atoms with E-state index in [9.17, 15) is 9.90 Å². The monoisotopic (exact) mass is 291 g/mol. The summed E-state index contributed by atoms with van der Waals surface area (Å²) >= 11 is 0. The molecular weight excluding hydrogens is 274 g/mol. The molecule has 0 saturated heterocycles. The number of ether oxygens (including phenoxy) is 1. The molecule has 0 aliphatic carbocycles. The average molecular weight is 291 g/mol. The first-order chi connectivity index (χ1) is 10.1. The van der Waals surface area contributed by atoms with Gasteiger partial charge in [-0.1, -0.05) is 0 Å². The second kappa shape index (κ2) is 6.80. The number of aromatic nitrogens is 4. The number of hydrogen-bond acceptors (Lipinski definition) is 6. The minimum atomic E-state index is -0.470. The molecule has 2 rings (SSSR count). The van der Waals surface area contributed by atoms with E-state index in [-0.39, 0.29) is 17.5 Å². The van der Waals surface area contributed by atoms with Gasteiger partial charge in [-0.2, -0.15) is 0 Å². The molecule has 2 N–H and O–H groups in total. The van der Waals surface area contributed by atoms with E-state index in [4.69, 9.17) is 4.74 Å². The summed E-state index contributed by atoms with van der Waals surface area (Å²) in [6, 6.07) is 2.59. The number of pyridine rings is 1.